The van der Waals surface area contributed by atoms with Gasteiger partial charge in [0.25, 0.3) is 0 Å². The summed E-state index contributed by atoms with van der Waals surface area (Å²) in [6.07, 6.45) is 13.9. The molecule has 1 aromatic heterocycles. The number of ether oxygens (including phenoxy) is 2. The van der Waals surface area contributed by atoms with Crippen molar-refractivity contribution in [1.29, 1.82) is 0 Å². The molecule has 1 heterocycles. The lowest BCUT2D eigenvalue weighted by Gasteiger charge is -2.27. The SMILES string of the molecule is CCCCC1CCC(C(=O)Oc2c([N+](=O)[O-])cc(OC(=O)C3CCC(CCCC)CC3)c3sc(-c4ccccc4)nc23)CC1. The summed E-state index contributed by atoms with van der Waals surface area (Å²) in [5, 5.41) is 13.0. The number of nitro benzene ring substituents is 1. The smallest absolute Gasteiger partial charge is 0.317 e. The highest BCUT2D eigenvalue weighted by atomic mass is 32.1. The highest BCUT2D eigenvalue weighted by molar-refractivity contribution is 7.22. The monoisotopic (exact) mass is 620 g/mol. The zero-order chi connectivity index (χ0) is 31.1. The van der Waals surface area contributed by atoms with E-state index in [1.54, 1.807) is 0 Å². The summed E-state index contributed by atoms with van der Waals surface area (Å²) in [4.78, 5) is 43.3. The molecule has 0 N–H and O–H groups in total. The Bertz CT molecular complexity index is 1440. The molecule has 2 saturated carbocycles. The number of nitro groups is 1. The minimum Gasteiger partial charge on any atom is -0.424 e. The van der Waals surface area contributed by atoms with E-state index >= 15 is 0 Å². The molecule has 0 unspecified atom stereocenters. The highest BCUT2D eigenvalue weighted by Crippen LogP contribution is 2.47. The average Bonchev–Trinajstić information content (AvgIpc) is 3.51. The van der Waals surface area contributed by atoms with Crippen molar-refractivity contribution < 1.29 is 24.0 Å². The first-order chi connectivity index (χ1) is 21.4. The van der Waals surface area contributed by atoms with Gasteiger partial charge in [-0.25, -0.2) is 4.98 Å². The maximum absolute atomic E-state index is 13.4. The average molecular weight is 621 g/mol. The number of unbranched alkanes of at least 4 members (excludes halogenated alkanes) is 2. The number of hydrogen-bond acceptors (Lipinski definition) is 8. The molecule has 0 radical (unpaired) electrons. The second-order valence-electron chi connectivity index (χ2n) is 12.6. The summed E-state index contributed by atoms with van der Waals surface area (Å²) in [6.45, 7) is 4.38. The van der Waals surface area contributed by atoms with Crippen LogP contribution in [0.25, 0.3) is 20.8 Å². The van der Waals surface area contributed by atoms with Gasteiger partial charge in [0, 0.05) is 5.56 Å². The third kappa shape index (κ3) is 7.65. The standard InChI is InChI=1S/C35H44N2O6S/c1-3-5-10-23-14-18-26(19-15-23)34(38)42-29-22-28(37(40)41)31(30-32(29)44-33(36-30)25-12-8-7-9-13-25)43-35(39)27-20-16-24(17-21-27)11-6-4-2/h7-9,12-13,22-24,26-27H,3-6,10-11,14-21H2,1-2H3. The first kappa shape index (κ1) is 32.1. The largest absolute Gasteiger partial charge is 0.424 e. The van der Waals surface area contributed by atoms with Gasteiger partial charge in [0.15, 0.2) is 5.75 Å². The fourth-order valence-electron chi connectivity index (χ4n) is 6.77. The quantitative estimate of drug-likeness (QED) is 0.0858. The van der Waals surface area contributed by atoms with Crippen LogP contribution in [-0.2, 0) is 9.59 Å². The Balaban J connectivity index is 1.42. The van der Waals surface area contributed by atoms with Gasteiger partial charge < -0.3 is 9.47 Å². The molecule has 8 nitrogen and oxygen atoms in total. The Labute approximate surface area is 263 Å². The molecule has 0 bridgehead atoms. The summed E-state index contributed by atoms with van der Waals surface area (Å²) < 4.78 is 12.3. The van der Waals surface area contributed by atoms with Crippen LogP contribution >= 0.6 is 11.3 Å². The molecule has 5 rings (SSSR count). The number of benzene rings is 2. The number of carbonyl (C=O) groups excluding carboxylic acids is 2. The number of hydrogen-bond donors (Lipinski definition) is 0. The lowest BCUT2D eigenvalue weighted by Crippen LogP contribution is -2.26. The summed E-state index contributed by atoms with van der Waals surface area (Å²) in [7, 11) is 0. The van der Waals surface area contributed by atoms with Gasteiger partial charge in [-0.15, -0.1) is 11.3 Å². The van der Waals surface area contributed by atoms with Crippen LogP contribution in [0.4, 0.5) is 5.69 Å². The van der Waals surface area contributed by atoms with Gasteiger partial charge in [0.2, 0.25) is 5.75 Å². The molecule has 236 valence electrons. The van der Waals surface area contributed by atoms with Crippen molar-refractivity contribution in [3.05, 3.63) is 46.5 Å². The maximum Gasteiger partial charge on any atom is 0.317 e. The number of aromatic nitrogens is 1. The molecule has 0 atom stereocenters. The summed E-state index contributed by atoms with van der Waals surface area (Å²) in [6, 6.07) is 10.7. The Hall–Kier alpha value is -3.33. The van der Waals surface area contributed by atoms with Crippen LogP contribution in [0, 0.1) is 33.8 Å². The lowest BCUT2D eigenvalue weighted by molar-refractivity contribution is -0.385. The van der Waals surface area contributed by atoms with Gasteiger partial charge in [0.05, 0.1) is 22.8 Å². The first-order valence-electron chi connectivity index (χ1n) is 16.5. The number of thiazole rings is 1. The number of rotatable bonds is 12. The van der Waals surface area contributed by atoms with Crippen molar-refractivity contribution in [3.63, 3.8) is 0 Å². The van der Waals surface area contributed by atoms with Gasteiger partial charge in [-0.2, -0.15) is 0 Å². The van der Waals surface area contributed by atoms with Crippen LogP contribution in [0.2, 0.25) is 0 Å². The predicted octanol–water partition coefficient (Wildman–Crippen LogP) is 9.68. The van der Waals surface area contributed by atoms with Crippen LogP contribution in [0.5, 0.6) is 11.5 Å². The van der Waals surface area contributed by atoms with E-state index in [-0.39, 0.29) is 34.8 Å². The fraction of sp³-hybridized carbons (Fsp3) is 0.571. The Morgan fingerprint density at radius 3 is 1.93 bits per heavy atom. The number of nitrogens with zero attached hydrogens (tertiary/aromatic N) is 2. The molecule has 0 spiro atoms. The van der Waals surface area contributed by atoms with E-state index in [0.717, 1.165) is 50.5 Å². The van der Waals surface area contributed by atoms with Gasteiger partial charge in [0.1, 0.15) is 15.2 Å². The van der Waals surface area contributed by atoms with Crippen molar-refractivity contribution in [2.45, 2.75) is 104 Å². The normalized spacial score (nSPS) is 22.0. The van der Waals surface area contributed by atoms with Gasteiger partial charge in [-0.3, -0.25) is 19.7 Å². The molecule has 0 amide bonds. The predicted molar refractivity (Wildman–Crippen MR) is 173 cm³/mol. The number of fused-ring (bicyclic) bond motifs is 1. The summed E-state index contributed by atoms with van der Waals surface area (Å²) >= 11 is 1.28. The molecule has 9 heteroatoms. The van der Waals surface area contributed by atoms with Gasteiger partial charge in [-0.05, 0) is 63.2 Å². The Morgan fingerprint density at radius 1 is 0.864 bits per heavy atom. The topological polar surface area (TPSA) is 109 Å². The first-order valence-corrected chi connectivity index (χ1v) is 17.3. The van der Waals surface area contributed by atoms with E-state index in [9.17, 15) is 19.7 Å². The van der Waals surface area contributed by atoms with Crippen LogP contribution in [0.15, 0.2) is 36.4 Å². The third-order valence-electron chi connectivity index (χ3n) is 9.49. The molecule has 0 saturated heterocycles. The lowest BCUT2D eigenvalue weighted by atomic mass is 9.80. The van der Waals surface area contributed by atoms with E-state index in [1.165, 1.54) is 49.5 Å². The van der Waals surface area contributed by atoms with E-state index in [2.05, 4.69) is 13.8 Å². The maximum atomic E-state index is 13.4. The molecule has 3 aromatic rings. The van der Waals surface area contributed by atoms with Crippen LogP contribution < -0.4 is 9.47 Å². The van der Waals surface area contributed by atoms with E-state index in [4.69, 9.17) is 14.5 Å². The molecule has 2 aromatic carbocycles. The number of carbonyl (C=O) groups is 2. The summed E-state index contributed by atoms with van der Waals surface area (Å²) in [5.41, 5.74) is 0.583. The van der Waals surface area contributed by atoms with E-state index < -0.39 is 16.6 Å². The van der Waals surface area contributed by atoms with Gasteiger partial charge >= 0.3 is 17.6 Å². The van der Waals surface area contributed by atoms with Crippen molar-refractivity contribution >= 4 is 39.2 Å². The number of esters is 2. The van der Waals surface area contributed by atoms with E-state index in [1.807, 2.05) is 30.3 Å². The van der Waals surface area contributed by atoms with Crippen LogP contribution in [0.3, 0.4) is 0 Å². The summed E-state index contributed by atoms with van der Waals surface area (Å²) in [5.74, 6) is -0.183. The fourth-order valence-corrected chi connectivity index (χ4v) is 7.79. The molecule has 2 aliphatic carbocycles. The molecule has 0 aliphatic heterocycles. The second-order valence-corrected chi connectivity index (χ2v) is 13.6. The third-order valence-corrected chi connectivity index (χ3v) is 10.6. The van der Waals surface area contributed by atoms with Crippen molar-refractivity contribution in [2.24, 2.45) is 23.7 Å². The van der Waals surface area contributed by atoms with E-state index in [0.29, 0.717) is 34.4 Å². The van der Waals surface area contributed by atoms with Crippen molar-refractivity contribution in [3.8, 4) is 22.1 Å². The van der Waals surface area contributed by atoms with Crippen molar-refractivity contribution in [1.82, 2.24) is 4.98 Å². The molecule has 2 aliphatic rings. The zero-order valence-corrected chi connectivity index (χ0v) is 26.7. The molecule has 44 heavy (non-hydrogen) atoms. The zero-order valence-electron chi connectivity index (χ0n) is 25.9. The molecule has 2 fully saturated rings. The molecular weight excluding hydrogens is 576 g/mol. The Kier molecular flexibility index (Phi) is 11.0. The van der Waals surface area contributed by atoms with Crippen LogP contribution in [0.1, 0.15) is 104 Å². The van der Waals surface area contributed by atoms with Crippen LogP contribution in [-0.4, -0.2) is 21.8 Å². The molecular formula is C35H44N2O6S. The highest BCUT2D eigenvalue weighted by Gasteiger charge is 2.34. The minimum atomic E-state index is -0.582. The van der Waals surface area contributed by atoms with Crippen molar-refractivity contribution in [2.75, 3.05) is 0 Å². The van der Waals surface area contributed by atoms with Gasteiger partial charge in [-0.1, -0.05) is 82.7 Å². The Morgan fingerprint density at radius 2 is 1.41 bits per heavy atom. The minimum absolute atomic E-state index is 0.0979. The second kappa shape index (κ2) is 15.1.